The molecule has 0 saturated carbocycles. The van der Waals surface area contributed by atoms with Crippen LogP contribution in [0.15, 0.2) is 24.5 Å². The molecule has 3 amide bonds. The fourth-order valence-corrected chi connectivity index (χ4v) is 4.18. The summed E-state index contributed by atoms with van der Waals surface area (Å²) in [5, 5.41) is 5.35. The Labute approximate surface area is 163 Å². The number of hydrogen-bond acceptors (Lipinski definition) is 6. The highest BCUT2D eigenvalue weighted by Crippen LogP contribution is 2.17. The zero-order chi connectivity index (χ0) is 20.3. The van der Waals surface area contributed by atoms with Gasteiger partial charge in [0.05, 0.1) is 11.8 Å². The highest BCUT2D eigenvalue weighted by atomic mass is 32.2. The van der Waals surface area contributed by atoms with Gasteiger partial charge in [0.15, 0.2) is 0 Å². The summed E-state index contributed by atoms with van der Waals surface area (Å²) in [4.78, 5) is 43.0. The second kappa shape index (κ2) is 8.23. The second-order valence-electron chi connectivity index (χ2n) is 6.87. The normalized spacial score (nSPS) is 23.8. The molecule has 2 aliphatic rings. The molecule has 2 fully saturated rings. The standard InChI is InChI=1S/C17H23N5O5S/c1-28(26,27)21-8-9-22(17(25)12-4-2-6-18-10-12)14(11-21)16(24)20-13-5-3-7-19-15(13)23/h2,4,6,10,13-14H,3,5,7-9,11H2,1H3,(H,19,23)(H,20,24). The monoisotopic (exact) mass is 409 g/mol. The van der Waals surface area contributed by atoms with Gasteiger partial charge in [-0.05, 0) is 25.0 Å². The molecule has 2 aliphatic heterocycles. The molecule has 0 aromatic carbocycles. The Bertz CT molecular complexity index is 860. The molecule has 3 heterocycles. The number of pyridine rings is 1. The van der Waals surface area contributed by atoms with Crippen LogP contribution in [-0.4, -0.2) is 84.8 Å². The van der Waals surface area contributed by atoms with Crippen molar-refractivity contribution >= 4 is 27.7 Å². The quantitative estimate of drug-likeness (QED) is 0.627. The van der Waals surface area contributed by atoms with Crippen molar-refractivity contribution in [1.82, 2.24) is 24.8 Å². The second-order valence-corrected chi connectivity index (χ2v) is 8.85. The van der Waals surface area contributed by atoms with E-state index >= 15 is 0 Å². The SMILES string of the molecule is CS(=O)(=O)N1CCN(C(=O)c2cccnc2)C(C(=O)NC2CCCNC2=O)C1. The Morgan fingerprint density at radius 2 is 2.11 bits per heavy atom. The predicted octanol–water partition coefficient (Wildman–Crippen LogP) is -1.44. The van der Waals surface area contributed by atoms with Crippen molar-refractivity contribution in [3.05, 3.63) is 30.1 Å². The summed E-state index contributed by atoms with van der Waals surface area (Å²) in [6, 6.07) is 1.47. The van der Waals surface area contributed by atoms with Crippen LogP contribution in [0, 0.1) is 0 Å². The van der Waals surface area contributed by atoms with Gasteiger partial charge < -0.3 is 15.5 Å². The van der Waals surface area contributed by atoms with Crippen molar-refractivity contribution in [2.24, 2.45) is 0 Å². The van der Waals surface area contributed by atoms with Crippen molar-refractivity contribution in [1.29, 1.82) is 0 Å². The summed E-state index contributed by atoms with van der Waals surface area (Å²) in [6.45, 7) is 0.557. The van der Waals surface area contributed by atoms with Crippen molar-refractivity contribution in [2.45, 2.75) is 24.9 Å². The van der Waals surface area contributed by atoms with Crippen molar-refractivity contribution in [3.63, 3.8) is 0 Å². The number of rotatable bonds is 4. The molecule has 11 heteroatoms. The third-order valence-corrected chi connectivity index (χ3v) is 6.16. The van der Waals surface area contributed by atoms with E-state index < -0.39 is 33.9 Å². The van der Waals surface area contributed by atoms with Crippen LogP contribution in [0.2, 0.25) is 0 Å². The minimum absolute atomic E-state index is 0.0652. The van der Waals surface area contributed by atoms with E-state index in [1.54, 1.807) is 12.1 Å². The molecule has 28 heavy (non-hydrogen) atoms. The number of aromatic nitrogens is 1. The molecule has 2 saturated heterocycles. The van der Waals surface area contributed by atoms with Crippen LogP contribution < -0.4 is 10.6 Å². The van der Waals surface area contributed by atoms with E-state index in [-0.39, 0.29) is 25.5 Å². The number of piperazine rings is 1. The Morgan fingerprint density at radius 1 is 1.32 bits per heavy atom. The summed E-state index contributed by atoms with van der Waals surface area (Å²) < 4.78 is 25.1. The molecule has 152 valence electrons. The average molecular weight is 409 g/mol. The van der Waals surface area contributed by atoms with Crippen LogP contribution >= 0.6 is 0 Å². The van der Waals surface area contributed by atoms with Gasteiger partial charge in [-0.2, -0.15) is 4.31 Å². The largest absolute Gasteiger partial charge is 0.354 e. The molecule has 2 atom stereocenters. The van der Waals surface area contributed by atoms with Gasteiger partial charge in [-0.25, -0.2) is 8.42 Å². The molecule has 3 rings (SSSR count). The number of sulfonamides is 1. The van der Waals surface area contributed by atoms with Crippen LogP contribution in [0.1, 0.15) is 23.2 Å². The van der Waals surface area contributed by atoms with Gasteiger partial charge >= 0.3 is 0 Å². The van der Waals surface area contributed by atoms with Gasteiger partial charge in [0.25, 0.3) is 5.91 Å². The number of nitrogens with one attached hydrogen (secondary N) is 2. The van der Waals surface area contributed by atoms with Crippen molar-refractivity contribution < 1.29 is 22.8 Å². The Hall–Kier alpha value is -2.53. The Kier molecular flexibility index (Phi) is 5.94. The van der Waals surface area contributed by atoms with E-state index in [4.69, 9.17) is 0 Å². The number of carbonyl (C=O) groups excluding carboxylic acids is 3. The first kappa shape index (κ1) is 20.2. The first-order chi connectivity index (χ1) is 13.3. The van der Waals surface area contributed by atoms with Crippen LogP contribution in [0.5, 0.6) is 0 Å². The summed E-state index contributed by atoms with van der Waals surface area (Å²) >= 11 is 0. The van der Waals surface area contributed by atoms with Gasteiger partial charge in [0, 0.05) is 38.6 Å². The van der Waals surface area contributed by atoms with Crippen molar-refractivity contribution in [2.75, 3.05) is 32.4 Å². The zero-order valence-corrected chi connectivity index (χ0v) is 16.3. The topological polar surface area (TPSA) is 129 Å². The lowest BCUT2D eigenvalue weighted by Crippen LogP contribution is -2.63. The lowest BCUT2D eigenvalue weighted by atomic mass is 10.1. The van der Waals surface area contributed by atoms with E-state index in [1.807, 2.05) is 0 Å². The van der Waals surface area contributed by atoms with Crippen LogP contribution in [0.25, 0.3) is 0 Å². The lowest BCUT2D eigenvalue weighted by Gasteiger charge is -2.40. The average Bonchev–Trinajstić information content (AvgIpc) is 2.68. The summed E-state index contributed by atoms with van der Waals surface area (Å²) in [5.74, 6) is -1.23. The third-order valence-electron chi connectivity index (χ3n) is 4.89. The molecule has 2 N–H and O–H groups in total. The molecular formula is C17H23N5O5S. The molecule has 0 spiro atoms. The van der Waals surface area contributed by atoms with Crippen molar-refractivity contribution in [3.8, 4) is 0 Å². The third kappa shape index (κ3) is 4.47. The maximum absolute atomic E-state index is 12.9. The zero-order valence-electron chi connectivity index (χ0n) is 15.5. The van der Waals surface area contributed by atoms with Crippen LogP contribution in [0.3, 0.4) is 0 Å². The molecule has 0 bridgehead atoms. The maximum Gasteiger partial charge on any atom is 0.256 e. The fourth-order valence-electron chi connectivity index (χ4n) is 3.36. The van der Waals surface area contributed by atoms with E-state index in [9.17, 15) is 22.8 Å². The Balaban J connectivity index is 1.82. The molecule has 10 nitrogen and oxygen atoms in total. The van der Waals surface area contributed by atoms with Gasteiger partial charge in [-0.3, -0.25) is 19.4 Å². The highest BCUT2D eigenvalue weighted by molar-refractivity contribution is 7.88. The molecule has 0 radical (unpaired) electrons. The van der Waals surface area contributed by atoms with E-state index in [2.05, 4.69) is 15.6 Å². The van der Waals surface area contributed by atoms with E-state index in [0.29, 0.717) is 18.5 Å². The van der Waals surface area contributed by atoms with Gasteiger partial charge in [0.2, 0.25) is 21.8 Å². The smallest absolute Gasteiger partial charge is 0.256 e. The van der Waals surface area contributed by atoms with Gasteiger partial charge in [-0.1, -0.05) is 0 Å². The number of nitrogens with zero attached hydrogens (tertiary/aromatic N) is 3. The number of piperidine rings is 1. The first-order valence-electron chi connectivity index (χ1n) is 9.01. The van der Waals surface area contributed by atoms with Crippen LogP contribution in [0.4, 0.5) is 0 Å². The summed E-state index contributed by atoms with van der Waals surface area (Å²) in [7, 11) is -3.53. The first-order valence-corrected chi connectivity index (χ1v) is 10.9. The fraction of sp³-hybridized carbons (Fsp3) is 0.529. The van der Waals surface area contributed by atoms with E-state index in [0.717, 1.165) is 12.7 Å². The highest BCUT2D eigenvalue weighted by Gasteiger charge is 2.39. The molecular weight excluding hydrogens is 386 g/mol. The number of amides is 3. The molecule has 0 aliphatic carbocycles. The minimum Gasteiger partial charge on any atom is -0.354 e. The lowest BCUT2D eigenvalue weighted by molar-refractivity contribution is -0.133. The predicted molar refractivity (Wildman–Crippen MR) is 99.7 cm³/mol. The van der Waals surface area contributed by atoms with Crippen LogP contribution in [-0.2, 0) is 19.6 Å². The number of carbonyl (C=O) groups is 3. The molecule has 1 aromatic heterocycles. The summed E-state index contributed by atoms with van der Waals surface area (Å²) in [5.41, 5.74) is 0.309. The number of hydrogen-bond donors (Lipinski definition) is 2. The molecule has 1 aromatic rings. The van der Waals surface area contributed by atoms with Gasteiger partial charge in [0.1, 0.15) is 12.1 Å². The van der Waals surface area contributed by atoms with E-state index in [1.165, 1.54) is 21.6 Å². The minimum atomic E-state index is -3.53. The summed E-state index contributed by atoms with van der Waals surface area (Å²) in [6.07, 6.45) is 5.22. The Morgan fingerprint density at radius 3 is 2.75 bits per heavy atom. The molecule has 2 unspecified atom stereocenters. The maximum atomic E-state index is 12.9. The van der Waals surface area contributed by atoms with Gasteiger partial charge in [-0.15, -0.1) is 0 Å².